The zero-order valence-electron chi connectivity index (χ0n) is 20.2. The molecule has 1 aromatic carbocycles. The summed E-state index contributed by atoms with van der Waals surface area (Å²) >= 11 is 1.74. The summed E-state index contributed by atoms with van der Waals surface area (Å²) < 4.78 is 7.50. The quantitative estimate of drug-likeness (QED) is 0.408. The molecule has 0 unspecified atom stereocenters. The molecule has 0 aliphatic heterocycles. The highest BCUT2D eigenvalue weighted by atomic mass is 32.2. The number of benzene rings is 1. The normalized spacial score (nSPS) is 10.4. The summed E-state index contributed by atoms with van der Waals surface area (Å²) in [7, 11) is 1.69. The standard InChI is InChI=1S/C22H25N3OS.2C2H6/c1-5-22(27-15-20-17(3)21(26-4)10-11-23-20)24-19-9-8-18(14-16(19)2)25-12-6-7-13-25;2*1-2/h5-14,24H,15H2,1-4H3;2*1-2H3. The summed E-state index contributed by atoms with van der Waals surface area (Å²) in [4.78, 5) is 4.50. The molecule has 0 atom stereocenters. The molecule has 4 nitrogen and oxygen atoms in total. The Labute approximate surface area is 192 Å². The SMILES string of the molecule is CC.CC.CC=C(Nc1ccc(-n2cccc2)cc1C)SCc1nccc(OC)c1C. The first-order valence-electron chi connectivity index (χ1n) is 10.9. The maximum atomic E-state index is 5.39. The van der Waals surface area contributed by atoms with Gasteiger partial charge in [-0.1, -0.05) is 33.8 Å². The van der Waals surface area contributed by atoms with Crippen LogP contribution in [0, 0.1) is 13.8 Å². The van der Waals surface area contributed by atoms with Crippen molar-refractivity contribution in [3.63, 3.8) is 0 Å². The average Bonchev–Trinajstić information content (AvgIpc) is 3.36. The lowest BCUT2D eigenvalue weighted by Gasteiger charge is -2.15. The molecule has 0 fully saturated rings. The molecule has 2 aromatic heterocycles. The van der Waals surface area contributed by atoms with Gasteiger partial charge in [0.1, 0.15) is 5.75 Å². The Bertz CT molecular complexity index is 934. The summed E-state index contributed by atoms with van der Waals surface area (Å²) in [5, 5.41) is 4.65. The highest BCUT2D eigenvalue weighted by molar-refractivity contribution is 8.02. The van der Waals surface area contributed by atoms with Gasteiger partial charge >= 0.3 is 0 Å². The second kappa shape index (κ2) is 14.4. The number of aryl methyl sites for hydroxylation is 1. The third-order valence-electron chi connectivity index (χ3n) is 4.48. The zero-order chi connectivity index (χ0) is 23.2. The molecule has 0 spiro atoms. The van der Waals surface area contributed by atoms with Crippen LogP contribution in [0.25, 0.3) is 5.69 Å². The highest BCUT2D eigenvalue weighted by Gasteiger charge is 2.09. The van der Waals surface area contributed by atoms with E-state index in [1.54, 1.807) is 25.1 Å². The minimum absolute atomic E-state index is 0.788. The molecule has 0 radical (unpaired) electrons. The van der Waals surface area contributed by atoms with Crippen molar-refractivity contribution in [1.82, 2.24) is 9.55 Å². The van der Waals surface area contributed by atoms with Crippen LogP contribution in [0.2, 0.25) is 0 Å². The van der Waals surface area contributed by atoms with E-state index >= 15 is 0 Å². The third kappa shape index (κ3) is 7.51. The summed E-state index contributed by atoms with van der Waals surface area (Å²) in [6.45, 7) is 14.2. The van der Waals surface area contributed by atoms with Crippen LogP contribution < -0.4 is 10.1 Å². The summed E-state index contributed by atoms with van der Waals surface area (Å²) in [6.07, 6.45) is 8.01. The molecule has 3 rings (SSSR count). The summed E-state index contributed by atoms with van der Waals surface area (Å²) in [5.74, 6) is 1.67. The number of methoxy groups -OCH3 is 1. The van der Waals surface area contributed by atoms with Gasteiger partial charge in [-0.05, 0) is 62.7 Å². The predicted octanol–water partition coefficient (Wildman–Crippen LogP) is 7.76. The summed E-state index contributed by atoms with van der Waals surface area (Å²) in [6, 6.07) is 12.4. The topological polar surface area (TPSA) is 39.1 Å². The van der Waals surface area contributed by atoms with Crippen molar-refractivity contribution < 1.29 is 4.74 Å². The van der Waals surface area contributed by atoms with Gasteiger partial charge in [0.25, 0.3) is 0 Å². The molecular formula is C26H37N3OS. The Morgan fingerprint density at radius 1 is 1.10 bits per heavy atom. The lowest BCUT2D eigenvalue weighted by molar-refractivity contribution is 0.410. The molecule has 168 valence electrons. The van der Waals surface area contributed by atoms with E-state index in [9.17, 15) is 0 Å². The van der Waals surface area contributed by atoms with Gasteiger partial charge < -0.3 is 14.6 Å². The Morgan fingerprint density at radius 2 is 1.77 bits per heavy atom. The van der Waals surface area contributed by atoms with Gasteiger partial charge in [-0.15, -0.1) is 11.8 Å². The van der Waals surface area contributed by atoms with E-state index in [1.807, 2.05) is 52.8 Å². The lowest BCUT2D eigenvalue weighted by atomic mass is 10.2. The Hall–Kier alpha value is -2.66. The van der Waals surface area contributed by atoms with E-state index in [2.05, 4.69) is 65.4 Å². The van der Waals surface area contributed by atoms with Gasteiger partial charge in [0.05, 0.1) is 17.8 Å². The van der Waals surface area contributed by atoms with Gasteiger partial charge in [-0.25, -0.2) is 0 Å². The van der Waals surface area contributed by atoms with Crippen LogP contribution in [-0.4, -0.2) is 16.7 Å². The van der Waals surface area contributed by atoms with Crippen LogP contribution in [0.15, 0.2) is 66.1 Å². The smallest absolute Gasteiger partial charge is 0.125 e. The molecule has 31 heavy (non-hydrogen) atoms. The van der Waals surface area contributed by atoms with Crippen LogP contribution in [0.4, 0.5) is 5.69 Å². The number of nitrogens with zero attached hydrogens (tertiary/aromatic N) is 2. The monoisotopic (exact) mass is 439 g/mol. The molecule has 0 aliphatic carbocycles. The first-order chi connectivity index (χ1) is 15.1. The Balaban J connectivity index is 0.00000113. The van der Waals surface area contributed by atoms with E-state index in [4.69, 9.17) is 4.74 Å². The van der Waals surface area contributed by atoms with E-state index in [1.165, 1.54) is 5.56 Å². The number of hydrogen-bond donors (Lipinski definition) is 1. The van der Waals surface area contributed by atoms with E-state index in [0.717, 1.165) is 39.2 Å². The van der Waals surface area contributed by atoms with Gasteiger partial charge in [0.2, 0.25) is 0 Å². The number of aromatic nitrogens is 2. The first-order valence-corrected chi connectivity index (χ1v) is 11.9. The van der Waals surface area contributed by atoms with Crippen molar-refractivity contribution in [3.05, 3.63) is 82.9 Å². The maximum Gasteiger partial charge on any atom is 0.125 e. The van der Waals surface area contributed by atoms with E-state index < -0.39 is 0 Å². The van der Waals surface area contributed by atoms with Crippen molar-refractivity contribution in [1.29, 1.82) is 0 Å². The molecule has 0 aliphatic rings. The maximum absolute atomic E-state index is 5.39. The molecule has 0 saturated carbocycles. The van der Waals surface area contributed by atoms with Gasteiger partial charge in [0, 0.05) is 41.3 Å². The van der Waals surface area contributed by atoms with Crippen LogP contribution in [-0.2, 0) is 5.75 Å². The van der Waals surface area contributed by atoms with Crippen LogP contribution >= 0.6 is 11.8 Å². The van der Waals surface area contributed by atoms with E-state index in [0.29, 0.717) is 0 Å². The molecule has 0 bridgehead atoms. The molecule has 1 N–H and O–H groups in total. The van der Waals surface area contributed by atoms with Crippen molar-refractivity contribution in [2.24, 2.45) is 0 Å². The second-order valence-corrected chi connectivity index (χ2v) is 7.26. The fourth-order valence-electron chi connectivity index (χ4n) is 2.85. The molecule has 3 aromatic rings. The van der Waals surface area contributed by atoms with Crippen LogP contribution in [0.3, 0.4) is 0 Å². The van der Waals surface area contributed by atoms with Crippen molar-refractivity contribution in [2.75, 3.05) is 12.4 Å². The highest BCUT2D eigenvalue weighted by Crippen LogP contribution is 2.28. The van der Waals surface area contributed by atoms with E-state index in [-0.39, 0.29) is 0 Å². The summed E-state index contributed by atoms with van der Waals surface area (Å²) in [5.41, 5.74) is 5.61. The number of pyridine rings is 1. The van der Waals surface area contributed by atoms with Crippen LogP contribution in [0.5, 0.6) is 5.75 Å². The predicted molar refractivity (Wildman–Crippen MR) is 137 cm³/mol. The Kier molecular flexibility index (Phi) is 12.2. The molecule has 5 heteroatoms. The molecule has 2 heterocycles. The fraction of sp³-hybridized carbons (Fsp3) is 0.346. The zero-order valence-corrected chi connectivity index (χ0v) is 21.0. The molecule has 0 saturated heterocycles. The van der Waals surface area contributed by atoms with Gasteiger partial charge in [-0.3, -0.25) is 4.98 Å². The van der Waals surface area contributed by atoms with Crippen molar-refractivity contribution in [2.45, 2.75) is 54.2 Å². The number of hydrogen-bond acceptors (Lipinski definition) is 4. The molecular weight excluding hydrogens is 402 g/mol. The third-order valence-corrected chi connectivity index (χ3v) is 5.54. The fourth-order valence-corrected chi connectivity index (χ4v) is 3.78. The average molecular weight is 440 g/mol. The largest absolute Gasteiger partial charge is 0.496 e. The van der Waals surface area contributed by atoms with Crippen LogP contribution in [0.1, 0.15) is 51.4 Å². The first kappa shape index (κ1) is 26.4. The minimum Gasteiger partial charge on any atom is -0.496 e. The number of thioether (sulfide) groups is 1. The number of ether oxygens (including phenoxy) is 1. The molecule has 0 amide bonds. The number of allylic oxidation sites excluding steroid dienone is 1. The minimum atomic E-state index is 0.788. The Morgan fingerprint density at radius 3 is 2.35 bits per heavy atom. The van der Waals surface area contributed by atoms with Crippen molar-refractivity contribution >= 4 is 17.4 Å². The van der Waals surface area contributed by atoms with Crippen molar-refractivity contribution in [3.8, 4) is 11.4 Å². The second-order valence-electron chi connectivity index (χ2n) is 6.24. The number of nitrogens with one attached hydrogen (secondary N) is 1. The number of rotatable bonds is 7. The van der Waals surface area contributed by atoms with Gasteiger partial charge in [0.15, 0.2) is 0 Å². The van der Waals surface area contributed by atoms with Gasteiger partial charge in [-0.2, -0.15) is 0 Å². The lowest BCUT2D eigenvalue weighted by Crippen LogP contribution is -2.01. The number of anilines is 1.